The van der Waals surface area contributed by atoms with Crippen LogP contribution in [0.4, 0.5) is 5.69 Å². The molecule has 116 valence electrons. The fourth-order valence-corrected chi connectivity index (χ4v) is 3.80. The molecule has 0 atom stereocenters. The molecule has 1 saturated carbocycles. The summed E-state index contributed by atoms with van der Waals surface area (Å²) < 4.78 is 26.1. The van der Waals surface area contributed by atoms with E-state index in [0.717, 1.165) is 19.3 Å². The van der Waals surface area contributed by atoms with Gasteiger partial charge in [0.15, 0.2) is 0 Å². The van der Waals surface area contributed by atoms with Gasteiger partial charge < -0.3 is 5.32 Å². The van der Waals surface area contributed by atoms with Gasteiger partial charge in [-0.25, -0.2) is 8.42 Å². The second-order valence-corrected chi connectivity index (χ2v) is 7.17. The number of sulfonamides is 1. The molecule has 1 amide bonds. The molecule has 0 heterocycles. The molecular weight excluding hydrogens is 288 g/mol. The summed E-state index contributed by atoms with van der Waals surface area (Å²) >= 11 is 0. The highest BCUT2D eigenvalue weighted by Crippen LogP contribution is 2.27. The molecule has 1 fully saturated rings. The minimum atomic E-state index is -3.44. The maximum atomic E-state index is 12.3. The van der Waals surface area contributed by atoms with E-state index in [9.17, 15) is 13.2 Å². The fourth-order valence-electron chi connectivity index (χ4n) is 2.34. The molecule has 0 aliphatic heterocycles. The largest absolute Gasteiger partial charge is 0.326 e. The Morgan fingerprint density at radius 2 is 1.76 bits per heavy atom. The lowest BCUT2D eigenvalue weighted by molar-refractivity contribution is -0.122. The standard InChI is InChI=1S/C15H22N2O3S/c1-3-17(4-2)21(19,20)14-10-8-13(9-11-14)16-15(18)12-6-5-7-12/h8-12H,3-7H2,1-2H3,(H,16,18). The third kappa shape index (κ3) is 3.44. The molecule has 6 heteroatoms. The van der Waals surface area contributed by atoms with Gasteiger partial charge in [-0.2, -0.15) is 4.31 Å². The van der Waals surface area contributed by atoms with Crippen LogP contribution >= 0.6 is 0 Å². The number of hydrogen-bond donors (Lipinski definition) is 1. The Morgan fingerprint density at radius 3 is 2.19 bits per heavy atom. The Morgan fingerprint density at radius 1 is 1.19 bits per heavy atom. The van der Waals surface area contributed by atoms with Gasteiger partial charge in [-0.05, 0) is 37.1 Å². The summed E-state index contributed by atoms with van der Waals surface area (Å²) in [6.45, 7) is 4.51. The quantitative estimate of drug-likeness (QED) is 0.877. The minimum absolute atomic E-state index is 0.0283. The molecule has 0 saturated heterocycles. The normalized spacial score (nSPS) is 15.8. The molecule has 1 aliphatic carbocycles. The lowest BCUT2D eigenvalue weighted by Gasteiger charge is -2.24. The highest BCUT2D eigenvalue weighted by Gasteiger charge is 2.25. The van der Waals surface area contributed by atoms with E-state index in [1.165, 1.54) is 4.31 Å². The first-order valence-electron chi connectivity index (χ1n) is 7.40. The molecule has 1 N–H and O–H groups in total. The van der Waals surface area contributed by atoms with E-state index in [0.29, 0.717) is 18.8 Å². The van der Waals surface area contributed by atoms with Crippen LogP contribution in [0.25, 0.3) is 0 Å². The third-order valence-corrected chi connectivity index (χ3v) is 6.01. The molecule has 0 bridgehead atoms. The predicted octanol–water partition coefficient (Wildman–Crippen LogP) is 2.46. The molecule has 2 rings (SSSR count). The smallest absolute Gasteiger partial charge is 0.243 e. The molecule has 1 aliphatic rings. The number of anilines is 1. The zero-order valence-corrected chi connectivity index (χ0v) is 13.3. The van der Waals surface area contributed by atoms with Crippen molar-refractivity contribution >= 4 is 21.6 Å². The molecule has 0 unspecified atom stereocenters. The van der Waals surface area contributed by atoms with Crippen LogP contribution in [-0.4, -0.2) is 31.7 Å². The van der Waals surface area contributed by atoms with Crippen molar-refractivity contribution in [3.63, 3.8) is 0 Å². The van der Waals surface area contributed by atoms with Crippen molar-refractivity contribution in [1.82, 2.24) is 4.31 Å². The van der Waals surface area contributed by atoms with E-state index in [2.05, 4.69) is 5.32 Å². The summed E-state index contributed by atoms with van der Waals surface area (Å²) in [5.41, 5.74) is 0.644. The Balaban J connectivity index is 2.09. The number of amides is 1. The number of nitrogens with zero attached hydrogens (tertiary/aromatic N) is 1. The van der Waals surface area contributed by atoms with Crippen LogP contribution < -0.4 is 5.32 Å². The molecule has 1 aromatic rings. The zero-order valence-electron chi connectivity index (χ0n) is 12.5. The van der Waals surface area contributed by atoms with Gasteiger partial charge >= 0.3 is 0 Å². The Hall–Kier alpha value is -1.40. The van der Waals surface area contributed by atoms with Crippen molar-refractivity contribution in [2.45, 2.75) is 38.0 Å². The van der Waals surface area contributed by atoms with E-state index in [-0.39, 0.29) is 16.7 Å². The third-order valence-electron chi connectivity index (χ3n) is 3.94. The number of nitrogens with one attached hydrogen (secondary N) is 1. The Bertz CT molecular complexity index is 588. The number of rotatable bonds is 6. The van der Waals surface area contributed by atoms with Crippen LogP contribution in [-0.2, 0) is 14.8 Å². The second kappa shape index (κ2) is 6.58. The van der Waals surface area contributed by atoms with E-state index in [1.54, 1.807) is 24.3 Å². The van der Waals surface area contributed by atoms with Crippen molar-refractivity contribution in [3.05, 3.63) is 24.3 Å². The van der Waals surface area contributed by atoms with Gasteiger partial charge in [-0.3, -0.25) is 4.79 Å². The number of hydrogen-bond acceptors (Lipinski definition) is 3. The van der Waals surface area contributed by atoms with Crippen molar-refractivity contribution in [3.8, 4) is 0 Å². The lowest BCUT2D eigenvalue weighted by Crippen LogP contribution is -2.30. The Kier molecular flexibility index (Phi) is 5.00. The van der Waals surface area contributed by atoms with Gasteiger partial charge in [0.1, 0.15) is 0 Å². The Labute approximate surface area is 126 Å². The van der Waals surface area contributed by atoms with Crippen LogP contribution in [0.5, 0.6) is 0 Å². The van der Waals surface area contributed by atoms with Crippen LogP contribution in [0.3, 0.4) is 0 Å². The van der Waals surface area contributed by atoms with Gasteiger partial charge in [-0.15, -0.1) is 0 Å². The van der Waals surface area contributed by atoms with Crippen molar-refractivity contribution in [2.75, 3.05) is 18.4 Å². The van der Waals surface area contributed by atoms with Gasteiger partial charge in [0.2, 0.25) is 15.9 Å². The van der Waals surface area contributed by atoms with E-state index in [4.69, 9.17) is 0 Å². The van der Waals surface area contributed by atoms with Crippen LogP contribution in [0, 0.1) is 5.92 Å². The summed E-state index contributed by atoms with van der Waals surface area (Å²) in [5, 5.41) is 2.83. The first-order valence-corrected chi connectivity index (χ1v) is 8.84. The van der Waals surface area contributed by atoms with Crippen LogP contribution in [0.1, 0.15) is 33.1 Å². The number of carbonyl (C=O) groups is 1. The molecule has 5 nitrogen and oxygen atoms in total. The molecule has 21 heavy (non-hydrogen) atoms. The first kappa shape index (κ1) is 16.0. The van der Waals surface area contributed by atoms with E-state index in [1.807, 2.05) is 13.8 Å². The SMILES string of the molecule is CCN(CC)S(=O)(=O)c1ccc(NC(=O)C2CCC2)cc1. The molecule has 1 aromatic carbocycles. The molecular formula is C15H22N2O3S. The summed E-state index contributed by atoms with van der Waals surface area (Å²) in [6, 6.07) is 6.38. The summed E-state index contributed by atoms with van der Waals surface area (Å²) in [7, 11) is -3.44. The lowest BCUT2D eigenvalue weighted by atomic mass is 9.85. The van der Waals surface area contributed by atoms with Gasteiger partial charge in [0, 0.05) is 24.7 Å². The minimum Gasteiger partial charge on any atom is -0.326 e. The predicted molar refractivity (Wildman–Crippen MR) is 82.5 cm³/mol. The van der Waals surface area contributed by atoms with Gasteiger partial charge in [0.25, 0.3) is 0 Å². The highest BCUT2D eigenvalue weighted by atomic mass is 32.2. The monoisotopic (exact) mass is 310 g/mol. The highest BCUT2D eigenvalue weighted by molar-refractivity contribution is 7.89. The fraction of sp³-hybridized carbons (Fsp3) is 0.533. The maximum absolute atomic E-state index is 12.3. The van der Waals surface area contributed by atoms with Crippen LogP contribution in [0.15, 0.2) is 29.2 Å². The summed E-state index contributed by atoms with van der Waals surface area (Å²) in [4.78, 5) is 12.1. The summed E-state index contributed by atoms with van der Waals surface area (Å²) in [5.74, 6) is 0.143. The van der Waals surface area contributed by atoms with E-state index >= 15 is 0 Å². The van der Waals surface area contributed by atoms with Gasteiger partial charge in [0.05, 0.1) is 4.90 Å². The summed E-state index contributed by atoms with van der Waals surface area (Å²) in [6.07, 6.45) is 3.00. The first-order chi connectivity index (χ1) is 9.98. The molecule has 0 aromatic heterocycles. The van der Waals surface area contributed by atoms with E-state index < -0.39 is 10.0 Å². The number of carbonyl (C=O) groups excluding carboxylic acids is 1. The molecule has 0 spiro atoms. The van der Waals surface area contributed by atoms with Crippen molar-refractivity contribution < 1.29 is 13.2 Å². The van der Waals surface area contributed by atoms with Crippen LogP contribution in [0.2, 0.25) is 0 Å². The zero-order chi connectivity index (χ0) is 15.5. The second-order valence-electron chi connectivity index (χ2n) is 5.23. The maximum Gasteiger partial charge on any atom is 0.243 e. The average molecular weight is 310 g/mol. The topological polar surface area (TPSA) is 66.5 Å². The molecule has 0 radical (unpaired) electrons. The van der Waals surface area contributed by atoms with Crippen molar-refractivity contribution in [2.24, 2.45) is 5.92 Å². The van der Waals surface area contributed by atoms with Crippen molar-refractivity contribution in [1.29, 1.82) is 0 Å². The van der Waals surface area contributed by atoms with Gasteiger partial charge in [-0.1, -0.05) is 20.3 Å². The number of benzene rings is 1. The average Bonchev–Trinajstić information content (AvgIpc) is 2.38.